The van der Waals surface area contributed by atoms with Gasteiger partial charge in [-0.2, -0.15) is 0 Å². The number of hydrogen-bond donors (Lipinski definition) is 3. The second-order valence-corrected chi connectivity index (χ2v) is 5.76. The number of hydrazine groups is 1. The molecule has 1 aromatic heterocycles. The van der Waals surface area contributed by atoms with Gasteiger partial charge < -0.3 is 5.73 Å². The van der Waals surface area contributed by atoms with Crippen LogP contribution in [0.15, 0.2) is 27.8 Å². The van der Waals surface area contributed by atoms with Gasteiger partial charge >= 0.3 is 0 Å². The molecule has 2 rings (SSSR count). The lowest BCUT2D eigenvalue weighted by molar-refractivity contribution is 0.0953. The Labute approximate surface area is 128 Å². The highest BCUT2D eigenvalue weighted by molar-refractivity contribution is 9.10. The molecule has 1 aromatic carbocycles. The number of rotatable bonds is 4. The van der Waals surface area contributed by atoms with Gasteiger partial charge in [-0.3, -0.25) is 14.8 Å². The van der Waals surface area contributed by atoms with Crippen LogP contribution in [-0.2, 0) is 12.8 Å². The Hall–Kier alpha value is -1.58. The average molecular weight is 357 g/mol. The number of nitrogens with zero attached hydrogens (tertiary/aromatic N) is 3. The predicted octanol–water partition coefficient (Wildman–Crippen LogP) is 1.06. The maximum absolute atomic E-state index is 11.4. The van der Waals surface area contributed by atoms with Gasteiger partial charge in [-0.05, 0) is 17.7 Å². The van der Waals surface area contributed by atoms with Crippen LogP contribution in [0.1, 0.15) is 15.9 Å². The van der Waals surface area contributed by atoms with Gasteiger partial charge in [0.1, 0.15) is 0 Å². The summed E-state index contributed by atoms with van der Waals surface area (Å²) >= 11 is 4.95. The van der Waals surface area contributed by atoms with Crippen molar-refractivity contribution in [3.8, 4) is 0 Å². The van der Waals surface area contributed by atoms with Crippen LogP contribution in [0, 0.1) is 0 Å². The van der Waals surface area contributed by atoms with Crippen LogP contribution in [0.4, 0.5) is 5.95 Å². The molecule has 1 heterocycles. The van der Waals surface area contributed by atoms with Crippen LogP contribution in [0.25, 0.3) is 0 Å². The van der Waals surface area contributed by atoms with E-state index in [-0.39, 0.29) is 5.91 Å². The number of nitrogen functional groups attached to an aromatic ring is 2. The van der Waals surface area contributed by atoms with Gasteiger partial charge in [-0.25, -0.2) is 5.84 Å². The number of thioether (sulfide) groups is 1. The quantitative estimate of drug-likeness (QED) is 0.326. The monoisotopic (exact) mass is 356 g/mol. The van der Waals surface area contributed by atoms with Crippen molar-refractivity contribution < 1.29 is 4.79 Å². The summed E-state index contributed by atoms with van der Waals surface area (Å²) < 4.78 is 2.55. The number of anilines is 1. The molecule has 0 bridgehead atoms. The van der Waals surface area contributed by atoms with Gasteiger partial charge in [0.2, 0.25) is 5.95 Å². The van der Waals surface area contributed by atoms with E-state index >= 15 is 0 Å². The van der Waals surface area contributed by atoms with E-state index in [1.54, 1.807) is 23.7 Å². The van der Waals surface area contributed by atoms with Crippen molar-refractivity contribution in [2.75, 3.05) is 5.73 Å². The first-order valence-corrected chi connectivity index (χ1v) is 7.38. The van der Waals surface area contributed by atoms with Gasteiger partial charge in [0.05, 0.1) is 0 Å². The van der Waals surface area contributed by atoms with Gasteiger partial charge in [-0.1, -0.05) is 33.8 Å². The highest BCUT2D eigenvalue weighted by atomic mass is 79.9. The fourth-order valence-electron chi connectivity index (χ4n) is 1.48. The predicted molar refractivity (Wildman–Crippen MR) is 80.8 cm³/mol. The average Bonchev–Trinajstić information content (AvgIpc) is 2.76. The van der Waals surface area contributed by atoms with Gasteiger partial charge in [0, 0.05) is 22.8 Å². The van der Waals surface area contributed by atoms with Crippen LogP contribution in [0.2, 0.25) is 0 Å². The van der Waals surface area contributed by atoms with E-state index in [4.69, 9.17) is 11.6 Å². The molecule has 0 spiro atoms. The van der Waals surface area contributed by atoms with Crippen molar-refractivity contribution in [3.05, 3.63) is 33.8 Å². The molecule has 2 aromatic rings. The molecule has 20 heavy (non-hydrogen) atoms. The lowest BCUT2D eigenvalue weighted by Crippen LogP contribution is -2.29. The van der Waals surface area contributed by atoms with Crippen LogP contribution >= 0.6 is 27.7 Å². The lowest BCUT2D eigenvalue weighted by Gasteiger charge is -2.06. The summed E-state index contributed by atoms with van der Waals surface area (Å²) in [6.45, 7) is 0. The Morgan fingerprint density at radius 1 is 1.50 bits per heavy atom. The van der Waals surface area contributed by atoms with Gasteiger partial charge in [-0.15, -0.1) is 10.2 Å². The highest BCUT2D eigenvalue weighted by Crippen LogP contribution is 2.27. The molecule has 5 N–H and O–H groups in total. The standard InChI is InChI=1S/C11H13BrN6OS/c1-18-10(13)16-17-11(18)20-5-7-3-2-6(4-8(7)12)9(19)15-14/h2-4H,5,14H2,1H3,(H2,13,16)(H,15,19). The normalized spacial score (nSPS) is 10.6. The second-order valence-electron chi connectivity index (χ2n) is 3.97. The molecular weight excluding hydrogens is 344 g/mol. The van der Waals surface area contributed by atoms with Crippen LogP contribution < -0.4 is 17.0 Å². The fraction of sp³-hybridized carbons (Fsp3) is 0.182. The van der Waals surface area contributed by atoms with Crippen LogP contribution in [0.3, 0.4) is 0 Å². The number of hydrogen-bond acceptors (Lipinski definition) is 6. The molecule has 0 radical (unpaired) electrons. The number of benzene rings is 1. The van der Waals surface area contributed by atoms with Crippen LogP contribution in [-0.4, -0.2) is 20.7 Å². The first kappa shape index (κ1) is 14.8. The van der Waals surface area contributed by atoms with E-state index in [9.17, 15) is 4.79 Å². The third-order valence-electron chi connectivity index (χ3n) is 2.67. The van der Waals surface area contributed by atoms with Crippen molar-refractivity contribution in [3.63, 3.8) is 0 Å². The van der Waals surface area contributed by atoms with E-state index in [1.165, 1.54) is 11.8 Å². The molecular formula is C11H13BrN6OS. The van der Waals surface area contributed by atoms with Crippen molar-refractivity contribution in [1.82, 2.24) is 20.2 Å². The molecule has 0 atom stereocenters. The van der Waals surface area contributed by atoms with Crippen molar-refractivity contribution >= 4 is 39.5 Å². The Balaban J connectivity index is 2.10. The maximum Gasteiger partial charge on any atom is 0.265 e. The Morgan fingerprint density at radius 2 is 2.25 bits per heavy atom. The highest BCUT2D eigenvalue weighted by Gasteiger charge is 2.10. The summed E-state index contributed by atoms with van der Waals surface area (Å²) in [5.41, 5.74) is 9.24. The minimum Gasteiger partial charge on any atom is -0.368 e. The third kappa shape index (κ3) is 3.11. The van der Waals surface area contributed by atoms with Gasteiger partial charge in [0.15, 0.2) is 5.16 Å². The third-order valence-corrected chi connectivity index (χ3v) is 4.48. The van der Waals surface area contributed by atoms with Crippen molar-refractivity contribution in [2.24, 2.45) is 12.9 Å². The Morgan fingerprint density at radius 3 is 2.80 bits per heavy atom. The summed E-state index contributed by atoms with van der Waals surface area (Å²) in [5, 5.41) is 8.50. The zero-order valence-corrected chi connectivity index (χ0v) is 13.0. The van der Waals surface area contributed by atoms with Crippen LogP contribution in [0.5, 0.6) is 0 Å². The molecule has 7 nitrogen and oxygen atoms in total. The van der Waals surface area contributed by atoms with E-state index < -0.39 is 0 Å². The molecule has 1 amide bonds. The van der Waals surface area contributed by atoms with Gasteiger partial charge in [0.25, 0.3) is 5.91 Å². The minimum atomic E-state index is -0.328. The maximum atomic E-state index is 11.4. The molecule has 0 aliphatic carbocycles. The summed E-state index contributed by atoms with van der Waals surface area (Å²) in [6, 6.07) is 5.30. The Bertz CT molecular complexity index is 644. The van der Waals surface area contributed by atoms with Crippen molar-refractivity contribution in [2.45, 2.75) is 10.9 Å². The molecule has 106 valence electrons. The molecule has 0 fully saturated rings. The van der Waals surface area contributed by atoms with Crippen molar-refractivity contribution in [1.29, 1.82) is 0 Å². The summed E-state index contributed by atoms with van der Waals surface area (Å²) in [7, 11) is 1.81. The number of nitrogens with one attached hydrogen (secondary N) is 1. The number of carbonyl (C=O) groups is 1. The zero-order valence-electron chi connectivity index (χ0n) is 10.6. The topological polar surface area (TPSA) is 112 Å². The number of amides is 1. The van der Waals surface area contributed by atoms with E-state index in [1.807, 2.05) is 6.07 Å². The zero-order chi connectivity index (χ0) is 14.7. The first-order valence-electron chi connectivity index (χ1n) is 5.60. The SMILES string of the molecule is Cn1c(N)nnc1SCc1ccc(C(=O)NN)cc1Br. The van der Waals surface area contributed by atoms with E-state index in [2.05, 4.69) is 31.6 Å². The smallest absolute Gasteiger partial charge is 0.265 e. The lowest BCUT2D eigenvalue weighted by atomic mass is 10.1. The molecule has 9 heteroatoms. The largest absolute Gasteiger partial charge is 0.368 e. The number of aromatic nitrogens is 3. The molecule has 0 saturated heterocycles. The molecule has 0 unspecified atom stereocenters. The summed E-state index contributed by atoms with van der Waals surface area (Å²) in [6.07, 6.45) is 0. The summed E-state index contributed by atoms with van der Waals surface area (Å²) in [4.78, 5) is 11.4. The summed E-state index contributed by atoms with van der Waals surface area (Å²) in [5.74, 6) is 5.82. The number of carbonyl (C=O) groups excluding carboxylic acids is 1. The van der Waals surface area contributed by atoms with E-state index in [0.29, 0.717) is 17.3 Å². The second kappa shape index (κ2) is 6.25. The fourth-order valence-corrected chi connectivity index (χ4v) is 3.11. The Kier molecular flexibility index (Phi) is 4.63. The molecule has 0 aliphatic heterocycles. The molecule has 0 aliphatic rings. The number of halogens is 1. The number of nitrogens with two attached hydrogens (primary N) is 2. The molecule has 0 saturated carbocycles. The van der Waals surface area contributed by atoms with E-state index in [0.717, 1.165) is 15.2 Å². The first-order chi connectivity index (χ1) is 9.52. The minimum absolute atomic E-state index is 0.328.